The Morgan fingerprint density at radius 3 is 2.65 bits per heavy atom. The van der Waals surface area contributed by atoms with Crippen LogP contribution in [0, 0.1) is 6.92 Å². The molecule has 4 heteroatoms. The van der Waals surface area contributed by atoms with Crippen LogP contribution in [0.5, 0.6) is 11.5 Å². The lowest BCUT2D eigenvalue weighted by Crippen LogP contribution is -2.11. The molecule has 0 saturated heterocycles. The van der Waals surface area contributed by atoms with Gasteiger partial charge in [0.15, 0.2) is 0 Å². The fraction of sp³-hybridized carbons (Fsp3) is 0.250. The summed E-state index contributed by atoms with van der Waals surface area (Å²) in [7, 11) is 0. The summed E-state index contributed by atoms with van der Waals surface area (Å²) < 4.78 is 6.84. The largest absolute Gasteiger partial charge is 0.455 e. The Balaban J connectivity index is 2.19. The fourth-order valence-electron chi connectivity index (χ4n) is 1.88. The predicted molar refractivity (Wildman–Crippen MR) is 87.8 cm³/mol. The molecule has 0 aliphatic rings. The summed E-state index contributed by atoms with van der Waals surface area (Å²) >= 11 is 9.56. The number of ether oxygens (including phenoxy) is 1. The minimum Gasteiger partial charge on any atom is -0.455 e. The molecule has 106 valence electrons. The first-order valence-electron chi connectivity index (χ1n) is 6.53. The second kappa shape index (κ2) is 7.11. The maximum absolute atomic E-state index is 6.14. The summed E-state index contributed by atoms with van der Waals surface area (Å²) in [5.74, 6) is 1.48. The van der Waals surface area contributed by atoms with Gasteiger partial charge in [0.25, 0.3) is 0 Å². The van der Waals surface area contributed by atoms with E-state index in [2.05, 4.69) is 40.3 Å². The summed E-state index contributed by atoms with van der Waals surface area (Å²) in [5.41, 5.74) is 2.34. The zero-order valence-electron chi connectivity index (χ0n) is 11.5. The first-order chi connectivity index (χ1) is 9.60. The molecule has 0 aliphatic carbocycles. The van der Waals surface area contributed by atoms with Crippen molar-refractivity contribution < 1.29 is 4.74 Å². The number of hydrogen-bond acceptors (Lipinski definition) is 2. The molecule has 20 heavy (non-hydrogen) atoms. The van der Waals surface area contributed by atoms with Gasteiger partial charge in [0, 0.05) is 11.0 Å². The number of rotatable bonds is 5. The zero-order valence-corrected chi connectivity index (χ0v) is 13.9. The van der Waals surface area contributed by atoms with E-state index in [1.54, 1.807) is 0 Å². The maximum atomic E-state index is 6.14. The lowest BCUT2D eigenvalue weighted by Gasteiger charge is -2.12. The summed E-state index contributed by atoms with van der Waals surface area (Å²) in [4.78, 5) is 0. The van der Waals surface area contributed by atoms with Gasteiger partial charge < -0.3 is 10.1 Å². The Bertz CT molecular complexity index is 601. The molecule has 0 heterocycles. The number of nitrogens with one attached hydrogen (secondary N) is 1. The number of aryl methyl sites for hydroxylation is 1. The van der Waals surface area contributed by atoms with E-state index in [0.717, 1.165) is 28.9 Å². The van der Waals surface area contributed by atoms with Crippen LogP contribution < -0.4 is 10.1 Å². The zero-order chi connectivity index (χ0) is 14.5. The smallest absolute Gasteiger partial charge is 0.147 e. The van der Waals surface area contributed by atoms with Gasteiger partial charge in [-0.15, -0.1) is 0 Å². The highest BCUT2D eigenvalue weighted by molar-refractivity contribution is 9.10. The molecule has 2 rings (SSSR count). The summed E-state index contributed by atoms with van der Waals surface area (Å²) in [6.07, 6.45) is 0. The van der Waals surface area contributed by atoms with E-state index in [1.807, 2.05) is 31.2 Å². The normalized spacial score (nSPS) is 10.6. The van der Waals surface area contributed by atoms with Crippen LogP contribution in [0.4, 0.5) is 0 Å². The van der Waals surface area contributed by atoms with Crippen LogP contribution in [0.1, 0.15) is 18.1 Å². The van der Waals surface area contributed by atoms with Gasteiger partial charge in [0.05, 0.1) is 5.02 Å². The SMILES string of the molecule is CCNCc1ccc(Oc2cc(Br)ccc2Cl)c(C)c1. The van der Waals surface area contributed by atoms with Gasteiger partial charge in [-0.3, -0.25) is 0 Å². The van der Waals surface area contributed by atoms with Gasteiger partial charge in [-0.05, 0) is 48.9 Å². The molecule has 0 amide bonds. The molecule has 0 unspecified atom stereocenters. The second-order valence-electron chi connectivity index (χ2n) is 4.56. The van der Waals surface area contributed by atoms with E-state index >= 15 is 0 Å². The van der Waals surface area contributed by atoms with E-state index < -0.39 is 0 Å². The molecule has 2 aromatic rings. The third kappa shape index (κ3) is 3.98. The van der Waals surface area contributed by atoms with Crippen molar-refractivity contribution in [2.75, 3.05) is 6.54 Å². The van der Waals surface area contributed by atoms with Crippen molar-refractivity contribution in [3.8, 4) is 11.5 Å². The Morgan fingerprint density at radius 1 is 1.15 bits per heavy atom. The van der Waals surface area contributed by atoms with Crippen LogP contribution in [-0.4, -0.2) is 6.54 Å². The minimum atomic E-state index is 0.601. The minimum absolute atomic E-state index is 0.601. The molecule has 0 atom stereocenters. The van der Waals surface area contributed by atoms with Crippen molar-refractivity contribution in [3.05, 3.63) is 57.0 Å². The van der Waals surface area contributed by atoms with Gasteiger partial charge >= 0.3 is 0 Å². The lowest BCUT2D eigenvalue weighted by atomic mass is 10.1. The third-order valence-corrected chi connectivity index (χ3v) is 3.74. The molecule has 0 saturated carbocycles. The molecular formula is C16H17BrClNO. The Morgan fingerprint density at radius 2 is 1.95 bits per heavy atom. The maximum Gasteiger partial charge on any atom is 0.147 e. The molecule has 0 spiro atoms. The molecule has 0 fully saturated rings. The fourth-order valence-corrected chi connectivity index (χ4v) is 2.38. The van der Waals surface area contributed by atoms with E-state index in [1.165, 1.54) is 5.56 Å². The molecule has 0 aromatic heterocycles. The number of halogens is 2. The molecule has 2 nitrogen and oxygen atoms in total. The van der Waals surface area contributed by atoms with Gasteiger partial charge in [-0.2, -0.15) is 0 Å². The van der Waals surface area contributed by atoms with E-state index in [4.69, 9.17) is 16.3 Å². The Labute approximate surface area is 133 Å². The van der Waals surface area contributed by atoms with E-state index in [0.29, 0.717) is 10.8 Å². The molecular weight excluding hydrogens is 338 g/mol. The van der Waals surface area contributed by atoms with Gasteiger partial charge in [0.1, 0.15) is 11.5 Å². The van der Waals surface area contributed by atoms with Crippen molar-refractivity contribution in [3.63, 3.8) is 0 Å². The molecule has 0 aliphatic heterocycles. The molecule has 0 radical (unpaired) electrons. The summed E-state index contributed by atoms with van der Waals surface area (Å²) in [6, 6.07) is 11.8. The second-order valence-corrected chi connectivity index (χ2v) is 5.88. The van der Waals surface area contributed by atoms with Crippen molar-refractivity contribution in [2.24, 2.45) is 0 Å². The van der Waals surface area contributed by atoms with E-state index in [9.17, 15) is 0 Å². The van der Waals surface area contributed by atoms with E-state index in [-0.39, 0.29) is 0 Å². The van der Waals surface area contributed by atoms with Crippen LogP contribution in [-0.2, 0) is 6.54 Å². The first kappa shape index (κ1) is 15.4. The quantitative estimate of drug-likeness (QED) is 0.785. The highest BCUT2D eigenvalue weighted by Crippen LogP contribution is 2.33. The van der Waals surface area contributed by atoms with Crippen LogP contribution in [0.2, 0.25) is 5.02 Å². The first-order valence-corrected chi connectivity index (χ1v) is 7.70. The molecule has 1 N–H and O–H groups in total. The highest BCUT2D eigenvalue weighted by atomic mass is 79.9. The third-order valence-electron chi connectivity index (χ3n) is 2.93. The van der Waals surface area contributed by atoms with Crippen molar-refractivity contribution >= 4 is 27.5 Å². The number of hydrogen-bond donors (Lipinski definition) is 1. The van der Waals surface area contributed by atoms with Crippen LogP contribution in [0.25, 0.3) is 0 Å². The van der Waals surface area contributed by atoms with Gasteiger partial charge in [-0.25, -0.2) is 0 Å². The average molecular weight is 355 g/mol. The number of benzene rings is 2. The van der Waals surface area contributed by atoms with Crippen molar-refractivity contribution in [1.29, 1.82) is 0 Å². The molecule has 0 bridgehead atoms. The van der Waals surface area contributed by atoms with Crippen LogP contribution >= 0.6 is 27.5 Å². The average Bonchev–Trinajstić information content (AvgIpc) is 2.43. The topological polar surface area (TPSA) is 21.3 Å². The summed E-state index contributed by atoms with van der Waals surface area (Å²) in [5, 5.41) is 3.91. The standard InChI is InChI=1S/C16H17BrClNO/c1-3-19-10-12-4-7-15(11(2)8-12)20-16-9-13(17)5-6-14(16)18/h4-9,19H,3,10H2,1-2H3. The van der Waals surface area contributed by atoms with Gasteiger partial charge in [-0.1, -0.05) is 46.6 Å². The predicted octanol–water partition coefficient (Wildman–Crippen LogP) is 5.31. The Hall–Kier alpha value is -1.03. The van der Waals surface area contributed by atoms with Crippen molar-refractivity contribution in [2.45, 2.75) is 20.4 Å². The van der Waals surface area contributed by atoms with Crippen LogP contribution in [0.3, 0.4) is 0 Å². The highest BCUT2D eigenvalue weighted by Gasteiger charge is 2.07. The Kier molecular flexibility index (Phi) is 5.46. The molecule has 2 aromatic carbocycles. The van der Waals surface area contributed by atoms with Gasteiger partial charge in [0.2, 0.25) is 0 Å². The monoisotopic (exact) mass is 353 g/mol. The lowest BCUT2D eigenvalue weighted by molar-refractivity contribution is 0.478. The van der Waals surface area contributed by atoms with Crippen LogP contribution in [0.15, 0.2) is 40.9 Å². The van der Waals surface area contributed by atoms with Crippen molar-refractivity contribution in [1.82, 2.24) is 5.32 Å². The summed E-state index contributed by atoms with van der Waals surface area (Å²) in [6.45, 7) is 5.97.